The van der Waals surface area contributed by atoms with Gasteiger partial charge in [-0.2, -0.15) is 0 Å². The Kier molecular flexibility index (Phi) is 6.11. The van der Waals surface area contributed by atoms with Crippen LogP contribution in [0.2, 0.25) is 0 Å². The topological polar surface area (TPSA) is 35.5 Å². The quantitative estimate of drug-likeness (QED) is 0.770. The van der Waals surface area contributed by atoms with E-state index in [1.165, 1.54) is 10.5 Å². The molecule has 0 saturated carbocycles. The van der Waals surface area contributed by atoms with Crippen molar-refractivity contribution in [1.82, 2.24) is 10.2 Å². The van der Waals surface area contributed by atoms with Crippen LogP contribution < -0.4 is 5.32 Å². The van der Waals surface area contributed by atoms with Gasteiger partial charge in [-0.25, -0.2) is 0 Å². The first-order valence-electron chi connectivity index (χ1n) is 7.05. The van der Waals surface area contributed by atoms with Gasteiger partial charge in [0.15, 0.2) is 0 Å². The highest BCUT2D eigenvalue weighted by Gasteiger charge is 2.04. The summed E-state index contributed by atoms with van der Waals surface area (Å²) in [6.07, 6.45) is 0. The largest absolute Gasteiger partial charge is 0.508 e. The third kappa shape index (κ3) is 5.42. The molecular weight excluding hydrogens is 280 g/mol. The first-order chi connectivity index (χ1) is 10.1. The van der Waals surface area contributed by atoms with Crippen molar-refractivity contribution in [2.75, 3.05) is 27.2 Å². The Bertz CT molecular complexity index is 572. The van der Waals surface area contributed by atoms with Gasteiger partial charge in [-0.1, -0.05) is 36.0 Å². The van der Waals surface area contributed by atoms with E-state index in [4.69, 9.17) is 0 Å². The van der Waals surface area contributed by atoms with Gasteiger partial charge < -0.3 is 15.3 Å². The van der Waals surface area contributed by atoms with Crippen LogP contribution in [-0.2, 0) is 6.54 Å². The van der Waals surface area contributed by atoms with Crippen LogP contribution in [0.4, 0.5) is 0 Å². The molecule has 3 nitrogen and oxygen atoms in total. The van der Waals surface area contributed by atoms with Gasteiger partial charge in [0.1, 0.15) is 5.75 Å². The minimum atomic E-state index is 0.307. The highest BCUT2D eigenvalue weighted by Crippen LogP contribution is 2.31. The molecule has 112 valence electrons. The van der Waals surface area contributed by atoms with Crippen molar-refractivity contribution in [3.63, 3.8) is 0 Å². The number of nitrogens with zero attached hydrogens (tertiary/aromatic N) is 1. The fraction of sp³-hybridized carbons (Fsp3) is 0.294. The number of nitrogens with one attached hydrogen (secondary N) is 1. The highest BCUT2D eigenvalue weighted by atomic mass is 32.2. The van der Waals surface area contributed by atoms with E-state index < -0.39 is 0 Å². The predicted molar refractivity (Wildman–Crippen MR) is 88.9 cm³/mol. The fourth-order valence-electron chi connectivity index (χ4n) is 1.95. The molecule has 0 unspecified atom stereocenters. The summed E-state index contributed by atoms with van der Waals surface area (Å²) in [5, 5.41) is 13.0. The number of phenols is 1. The van der Waals surface area contributed by atoms with Gasteiger partial charge in [0.2, 0.25) is 0 Å². The first kappa shape index (κ1) is 15.9. The van der Waals surface area contributed by atoms with Crippen molar-refractivity contribution >= 4 is 11.8 Å². The fourth-order valence-corrected chi connectivity index (χ4v) is 2.95. The Balaban J connectivity index is 1.99. The molecule has 4 heteroatoms. The van der Waals surface area contributed by atoms with E-state index in [1.54, 1.807) is 23.9 Å². The summed E-state index contributed by atoms with van der Waals surface area (Å²) in [7, 11) is 4.15. The molecular formula is C17H22N2OS. The van der Waals surface area contributed by atoms with Crippen molar-refractivity contribution < 1.29 is 5.11 Å². The lowest BCUT2D eigenvalue weighted by atomic mass is 10.2. The zero-order valence-corrected chi connectivity index (χ0v) is 13.4. The maximum Gasteiger partial charge on any atom is 0.116 e. The van der Waals surface area contributed by atoms with E-state index in [1.807, 2.05) is 12.1 Å². The highest BCUT2D eigenvalue weighted by molar-refractivity contribution is 7.99. The summed E-state index contributed by atoms with van der Waals surface area (Å²) in [6, 6.07) is 15.8. The molecule has 2 rings (SSSR count). The standard InChI is InChI=1S/C17H22N2OS/c1-19(2)11-10-18-13-14-6-3-4-9-17(14)21-16-8-5-7-15(20)12-16/h3-9,12,18,20H,10-11,13H2,1-2H3. The molecule has 21 heavy (non-hydrogen) atoms. The van der Waals surface area contributed by atoms with E-state index in [9.17, 15) is 5.11 Å². The molecule has 2 aromatic rings. The first-order valence-corrected chi connectivity index (χ1v) is 7.87. The van der Waals surface area contributed by atoms with Crippen molar-refractivity contribution in [2.24, 2.45) is 0 Å². The number of aromatic hydroxyl groups is 1. The van der Waals surface area contributed by atoms with Gasteiger partial charge in [-0.15, -0.1) is 0 Å². The Morgan fingerprint density at radius 3 is 2.67 bits per heavy atom. The number of hydrogen-bond donors (Lipinski definition) is 2. The molecule has 0 heterocycles. The second-order valence-electron chi connectivity index (χ2n) is 5.19. The van der Waals surface area contributed by atoms with Crippen LogP contribution in [0.15, 0.2) is 58.3 Å². The van der Waals surface area contributed by atoms with E-state index in [0.717, 1.165) is 24.5 Å². The summed E-state index contributed by atoms with van der Waals surface area (Å²) in [5.74, 6) is 0.307. The minimum Gasteiger partial charge on any atom is -0.508 e. The normalized spacial score (nSPS) is 11.0. The van der Waals surface area contributed by atoms with E-state index in [-0.39, 0.29) is 0 Å². The smallest absolute Gasteiger partial charge is 0.116 e. The molecule has 0 bridgehead atoms. The molecule has 0 aromatic heterocycles. The van der Waals surface area contributed by atoms with Crippen molar-refractivity contribution in [3.8, 4) is 5.75 Å². The Labute approximate surface area is 131 Å². The Hall–Kier alpha value is -1.49. The van der Waals surface area contributed by atoms with Crippen molar-refractivity contribution in [2.45, 2.75) is 16.3 Å². The van der Waals surface area contributed by atoms with Gasteiger partial charge in [0, 0.05) is 29.4 Å². The maximum atomic E-state index is 9.56. The minimum absolute atomic E-state index is 0.307. The third-order valence-electron chi connectivity index (χ3n) is 3.07. The molecule has 0 aliphatic rings. The average Bonchev–Trinajstić information content (AvgIpc) is 2.45. The number of phenolic OH excluding ortho intramolecular Hbond substituents is 1. The van der Waals surface area contributed by atoms with Gasteiger partial charge in [-0.3, -0.25) is 0 Å². The number of likely N-dealkylation sites (N-methyl/N-ethyl adjacent to an activating group) is 1. The number of hydrogen-bond acceptors (Lipinski definition) is 4. The molecule has 0 saturated heterocycles. The van der Waals surface area contributed by atoms with Crippen LogP contribution >= 0.6 is 11.8 Å². The van der Waals surface area contributed by atoms with E-state index in [2.05, 4.69) is 48.6 Å². The summed E-state index contributed by atoms with van der Waals surface area (Å²) >= 11 is 1.68. The Morgan fingerprint density at radius 1 is 1.10 bits per heavy atom. The summed E-state index contributed by atoms with van der Waals surface area (Å²) in [6.45, 7) is 2.86. The molecule has 0 radical (unpaired) electrons. The van der Waals surface area contributed by atoms with E-state index >= 15 is 0 Å². The third-order valence-corrected chi connectivity index (χ3v) is 4.18. The summed E-state index contributed by atoms with van der Waals surface area (Å²) in [4.78, 5) is 4.44. The molecule has 2 N–H and O–H groups in total. The molecule has 0 fully saturated rings. The number of rotatable bonds is 7. The lowest BCUT2D eigenvalue weighted by Gasteiger charge is -2.12. The molecule has 0 amide bonds. The molecule has 2 aromatic carbocycles. The van der Waals surface area contributed by atoms with Crippen LogP contribution in [0.25, 0.3) is 0 Å². The van der Waals surface area contributed by atoms with Crippen molar-refractivity contribution in [3.05, 3.63) is 54.1 Å². The van der Waals surface area contributed by atoms with Gasteiger partial charge >= 0.3 is 0 Å². The van der Waals surface area contributed by atoms with Crippen molar-refractivity contribution in [1.29, 1.82) is 0 Å². The SMILES string of the molecule is CN(C)CCNCc1ccccc1Sc1cccc(O)c1. The van der Waals surface area contributed by atoms with Crippen LogP contribution in [0.3, 0.4) is 0 Å². The van der Waals surface area contributed by atoms with Gasteiger partial charge in [-0.05, 0) is 43.9 Å². The molecule has 0 aliphatic carbocycles. The second-order valence-corrected chi connectivity index (χ2v) is 6.30. The average molecular weight is 302 g/mol. The lowest BCUT2D eigenvalue weighted by Crippen LogP contribution is -2.26. The van der Waals surface area contributed by atoms with Crippen LogP contribution in [0, 0.1) is 0 Å². The number of benzene rings is 2. The van der Waals surface area contributed by atoms with E-state index in [0.29, 0.717) is 5.75 Å². The zero-order chi connectivity index (χ0) is 15.1. The monoisotopic (exact) mass is 302 g/mol. The molecule has 0 spiro atoms. The lowest BCUT2D eigenvalue weighted by molar-refractivity contribution is 0.399. The Morgan fingerprint density at radius 2 is 1.90 bits per heavy atom. The summed E-state index contributed by atoms with van der Waals surface area (Å²) in [5.41, 5.74) is 1.28. The van der Waals surface area contributed by atoms with Crippen LogP contribution in [0.1, 0.15) is 5.56 Å². The van der Waals surface area contributed by atoms with Crippen LogP contribution in [-0.4, -0.2) is 37.2 Å². The molecule has 0 atom stereocenters. The predicted octanol–water partition coefficient (Wildman–Crippen LogP) is 3.19. The van der Waals surface area contributed by atoms with Gasteiger partial charge in [0.05, 0.1) is 0 Å². The maximum absolute atomic E-state index is 9.56. The summed E-state index contributed by atoms with van der Waals surface area (Å²) < 4.78 is 0. The molecule has 0 aliphatic heterocycles. The zero-order valence-electron chi connectivity index (χ0n) is 12.5. The second kappa shape index (κ2) is 8.08. The van der Waals surface area contributed by atoms with Crippen LogP contribution in [0.5, 0.6) is 5.75 Å². The van der Waals surface area contributed by atoms with Gasteiger partial charge in [0.25, 0.3) is 0 Å².